The smallest absolute Gasteiger partial charge is 0.128 e. The number of hydrogen-bond donors (Lipinski definition) is 0. The van der Waals surface area contributed by atoms with Crippen molar-refractivity contribution in [1.29, 1.82) is 0 Å². The van der Waals surface area contributed by atoms with E-state index >= 15 is 0 Å². The van der Waals surface area contributed by atoms with E-state index in [1.165, 1.54) is 0 Å². The molecule has 0 radical (unpaired) electrons. The first kappa shape index (κ1) is 7.04. The standard InChI is InChI=1S/C9H10O/c1-2-8-5-3-4-6-9(8)7-10/h3-6,8H,2H2,1H3. The van der Waals surface area contributed by atoms with Crippen molar-refractivity contribution >= 4 is 5.94 Å². The number of rotatable bonds is 1. The molecule has 0 N–H and O–H groups in total. The fourth-order valence-corrected chi connectivity index (χ4v) is 1.05. The summed E-state index contributed by atoms with van der Waals surface area (Å²) in [5, 5.41) is 0. The van der Waals surface area contributed by atoms with Crippen molar-refractivity contribution in [3.05, 3.63) is 29.9 Å². The molecule has 0 saturated carbocycles. The molecule has 0 aromatic rings. The highest BCUT2D eigenvalue weighted by molar-refractivity contribution is 5.60. The Balaban J connectivity index is 2.84. The van der Waals surface area contributed by atoms with Crippen LogP contribution in [0.1, 0.15) is 13.3 Å². The van der Waals surface area contributed by atoms with E-state index in [1.54, 1.807) is 0 Å². The molecule has 1 heteroatoms. The van der Waals surface area contributed by atoms with E-state index in [-0.39, 0.29) is 0 Å². The lowest BCUT2D eigenvalue weighted by Gasteiger charge is -2.09. The normalized spacial score (nSPS) is 22.9. The Labute approximate surface area is 60.7 Å². The molecule has 1 aliphatic carbocycles. The first-order chi connectivity index (χ1) is 4.88. The summed E-state index contributed by atoms with van der Waals surface area (Å²) in [4.78, 5) is 10.3. The molecule has 0 aromatic heterocycles. The van der Waals surface area contributed by atoms with Crippen molar-refractivity contribution in [2.75, 3.05) is 0 Å². The van der Waals surface area contributed by atoms with E-state index in [0.717, 1.165) is 12.0 Å². The van der Waals surface area contributed by atoms with Crippen LogP contribution < -0.4 is 0 Å². The predicted molar refractivity (Wildman–Crippen MR) is 41.3 cm³/mol. The lowest BCUT2D eigenvalue weighted by Crippen LogP contribution is -1.99. The summed E-state index contributed by atoms with van der Waals surface area (Å²) in [5.74, 6) is 2.23. The van der Waals surface area contributed by atoms with E-state index in [0.29, 0.717) is 5.92 Å². The molecule has 1 unspecified atom stereocenters. The number of allylic oxidation sites excluding steroid dienone is 5. The third-order valence-electron chi connectivity index (χ3n) is 1.69. The molecule has 1 nitrogen and oxygen atoms in total. The Hall–Kier alpha value is -1.07. The second kappa shape index (κ2) is 3.19. The molecule has 10 heavy (non-hydrogen) atoms. The predicted octanol–water partition coefficient (Wildman–Crippen LogP) is 1.90. The zero-order valence-corrected chi connectivity index (χ0v) is 6.00. The van der Waals surface area contributed by atoms with E-state index < -0.39 is 0 Å². The monoisotopic (exact) mass is 134 g/mol. The second-order valence-corrected chi connectivity index (χ2v) is 2.32. The van der Waals surface area contributed by atoms with Crippen LogP contribution in [0.25, 0.3) is 0 Å². The Kier molecular flexibility index (Phi) is 2.24. The van der Waals surface area contributed by atoms with Crippen LogP contribution in [-0.2, 0) is 4.79 Å². The quantitative estimate of drug-likeness (QED) is 0.500. The molecule has 0 spiro atoms. The highest BCUT2D eigenvalue weighted by atomic mass is 16.1. The van der Waals surface area contributed by atoms with Gasteiger partial charge in [-0.25, -0.2) is 4.79 Å². The molecule has 0 fully saturated rings. The van der Waals surface area contributed by atoms with Crippen LogP contribution in [0.15, 0.2) is 29.9 Å². The summed E-state index contributed by atoms with van der Waals surface area (Å²) in [7, 11) is 0. The van der Waals surface area contributed by atoms with Crippen molar-refractivity contribution in [3.8, 4) is 0 Å². The lowest BCUT2D eigenvalue weighted by molar-refractivity contribution is 0.564. The van der Waals surface area contributed by atoms with Gasteiger partial charge in [0.2, 0.25) is 0 Å². The maximum atomic E-state index is 10.3. The Bertz CT molecular complexity index is 217. The van der Waals surface area contributed by atoms with Gasteiger partial charge in [-0.3, -0.25) is 0 Å². The van der Waals surface area contributed by atoms with Crippen LogP contribution in [0, 0.1) is 5.92 Å². The van der Waals surface area contributed by atoms with Gasteiger partial charge < -0.3 is 0 Å². The first-order valence-corrected chi connectivity index (χ1v) is 3.48. The zero-order valence-electron chi connectivity index (χ0n) is 6.00. The van der Waals surface area contributed by atoms with E-state index in [4.69, 9.17) is 0 Å². The molecule has 52 valence electrons. The van der Waals surface area contributed by atoms with Crippen LogP contribution in [0.4, 0.5) is 0 Å². The van der Waals surface area contributed by atoms with E-state index in [9.17, 15) is 4.79 Å². The largest absolute Gasteiger partial charge is 0.233 e. The Morgan fingerprint density at radius 1 is 1.60 bits per heavy atom. The van der Waals surface area contributed by atoms with Crippen LogP contribution >= 0.6 is 0 Å². The molecule has 1 rings (SSSR count). The molecule has 1 aliphatic rings. The fraction of sp³-hybridized carbons (Fsp3) is 0.333. The van der Waals surface area contributed by atoms with Gasteiger partial charge in [-0.1, -0.05) is 25.2 Å². The van der Waals surface area contributed by atoms with Gasteiger partial charge in [-0.05, 0) is 12.5 Å². The topological polar surface area (TPSA) is 17.1 Å². The SMILES string of the molecule is CCC1C=CC=CC1=C=O. The van der Waals surface area contributed by atoms with Gasteiger partial charge in [-0.15, -0.1) is 0 Å². The average molecular weight is 134 g/mol. The van der Waals surface area contributed by atoms with Gasteiger partial charge in [0.1, 0.15) is 5.94 Å². The first-order valence-electron chi connectivity index (χ1n) is 3.48. The Morgan fingerprint density at radius 3 is 2.90 bits per heavy atom. The number of carbonyl (C=O) groups excluding carboxylic acids is 1. The molecule has 0 heterocycles. The molecule has 0 aromatic carbocycles. The summed E-state index contributed by atoms with van der Waals surface area (Å²) < 4.78 is 0. The van der Waals surface area contributed by atoms with Gasteiger partial charge in [0.25, 0.3) is 0 Å². The van der Waals surface area contributed by atoms with Crippen LogP contribution in [0.5, 0.6) is 0 Å². The maximum Gasteiger partial charge on any atom is 0.128 e. The molecule has 1 atom stereocenters. The van der Waals surface area contributed by atoms with Crippen LogP contribution in [0.2, 0.25) is 0 Å². The third kappa shape index (κ3) is 1.26. The van der Waals surface area contributed by atoms with Crippen molar-refractivity contribution in [3.63, 3.8) is 0 Å². The van der Waals surface area contributed by atoms with Crippen LogP contribution in [-0.4, -0.2) is 5.94 Å². The third-order valence-corrected chi connectivity index (χ3v) is 1.69. The van der Waals surface area contributed by atoms with Gasteiger partial charge in [-0.2, -0.15) is 0 Å². The highest BCUT2D eigenvalue weighted by Crippen LogP contribution is 2.18. The van der Waals surface area contributed by atoms with Gasteiger partial charge in [0.15, 0.2) is 0 Å². The summed E-state index contributed by atoms with van der Waals surface area (Å²) in [6.07, 6.45) is 8.66. The van der Waals surface area contributed by atoms with Crippen molar-refractivity contribution < 1.29 is 4.79 Å². The molecule has 0 bridgehead atoms. The molecular formula is C9H10O. The summed E-state index contributed by atoms with van der Waals surface area (Å²) >= 11 is 0. The number of hydrogen-bond acceptors (Lipinski definition) is 1. The molecule has 0 amide bonds. The fourth-order valence-electron chi connectivity index (χ4n) is 1.05. The van der Waals surface area contributed by atoms with Crippen molar-refractivity contribution in [1.82, 2.24) is 0 Å². The van der Waals surface area contributed by atoms with Crippen molar-refractivity contribution in [2.45, 2.75) is 13.3 Å². The van der Waals surface area contributed by atoms with Crippen molar-refractivity contribution in [2.24, 2.45) is 5.92 Å². The summed E-state index contributed by atoms with van der Waals surface area (Å²) in [6, 6.07) is 0. The molecule has 0 saturated heterocycles. The molecule has 0 aliphatic heterocycles. The maximum absolute atomic E-state index is 10.3. The minimum atomic E-state index is 0.294. The highest BCUT2D eigenvalue weighted by Gasteiger charge is 2.08. The average Bonchev–Trinajstić information content (AvgIpc) is 2.04. The van der Waals surface area contributed by atoms with Gasteiger partial charge in [0, 0.05) is 11.5 Å². The van der Waals surface area contributed by atoms with Crippen LogP contribution in [0.3, 0.4) is 0 Å². The zero-order chi connectivity index (χ0) is 7.40. The lowest BCUT2D eigenvalue weighted by atomic mass is 9.94. The Morgan fingerprint density at radius 2 is 2.40 bits per heavy atom. The molecular weight excluding hydrogens is 124 g/mol. The van der Waals surface area contributed by atoms with E-state index in [1.807, 2.05) is 30.2 Å². The second-order valence-electron chi connectivity index (χ2n) is 2.32. The minimum absolute atomic E-state index is 0.294. The van der Waals surface area contributed by atoms with Gasteiger partial charge in [0.05, 0.1) is 0 Å². The van der Waals surface area contributed by atoms with Gasteiger partial charge >= 0.3 is 0 Å². The summed E-state index contributed by atoms with van der Waals surface area (Å²) in [6.45, 7) is 2.06. The van der Waals surface area contributed by atoms with E-state index in [2.05, 4.69) is 6.92 Å². The minimum Gasteiger partial charge on any atom is -0.233 e. The summed E-state index contributed by atoms with van der Waals surface area (Å²) in [5.41, 5.74) is 0.769.